The van der Waals surface area contributed by atoms with Gasteiger partial charge in [0.05, 0.1) is 0 Å². The fourth-order valence-electron chi connectivity index (χ4n) is 1.48. The van der Waals surface area contributed by atoms with Gasteiger partial charge in [0.15, 0.2) is 0 Å². The third kappa shape index (κ3) is 5.19. The first-order chi connectivity index (χ1) is 8.06. The van der Waals surface area contributed by atoms with E-state index in [2.05, 4.69) is 6.92 Å². The van der Waals surface area contributed by atoms with Gasteiger partial charge in [-0.3, -0.25) is 18.6 Å². The maximum Gasteiger partial charge on any atom is 1.00 e. The van der Waals surface area contributed by atoms with Crippen LogP contribution in [0.1, 0.15) is 32.6 Å². The average molecular weight is 282 g/mol. The van der Waals surface area contributed by atoms with E-state index in [4.69, 9.17) is 0 Å². The van der Waals surface area contributed by atoms with Gasteiger partial charge in [0.2, 0.25) is 0 Å². The Morgan fingerprint density at radius 1 is 1.33 bits per heavy atom. The van der Waals surface area contributed by atoms with Crippen molar-refractivity contribution < 1.29 is 38.3 Å². The van der Waals surface area contributed by atoms with Crippen LogP contribution < -0.4 is 40.8 Å². The van der Waals surface area contributed by atoms with Gasteiger partial charge >= 0.3 is 35.2 Å². The van der Waals surface area contributed by atoms with Crippen LogP contribution in [0.2, 0.25) is 0 Å². The van der Waals surface area contributed by atoms with Gasteiger partial charge in [-0.1, -0.05) is 26.2 Å². The van der Waals surface area contributed by atoms with Crippen molar-refractivity contribution in [2.75, 3.05) is 0 Å². The normalized spacial score (nSPS) is 11.9. The quantitative estimate of drug-likeness (QED) is 0.350. The second-order valence-corrected chi connectivity index (χ2v) is 4.65. The van der Waals surface area contributed by atoms with Crippen LogP contribution in [-0.4, -0.2) is 18.3 Å². The molecular formula is C10H15N2NaO4S. The minimum atomic E-state index is -2.62. The summed E-state index contributed by atoms with van der Waals surface area (Å²) in [5, 5.41) is 0. The molecule has 1 aromatic heterocycles. The molecule has 0 aliphatic heterocycles. The maximum atomic E-state index is 11.4. The summed E-state index contributed by atoms with van der Waals surface area (Å²) in [6.45, 7) is 2.49. The monoisotopic (exact) mass is 282 g/mol. The molecule has 96 valence electrons. The van der Waals surface area contributed by atoms with Gasteiger partial charge < -0.3 is 4.55 Å². The van der Waals surface area contributed by atoms with Crippen LogP contribution in [0.15, 0.2) is 20.7 Å². The predicted molar refractivity (Wildman–Crippen MR) is 62.7 cm³/mol. The molecule has 0 amide bonds. The molecule has 0 radical (unpaired) electrons. The van der Waals surface area contributed by atoms with Gasteiger partial charge in [-0.05, 0) is 17.5 Å². The summed E-state index contributed by atoms with van der Waals surface area (Å²) in [5.74, 6) is 0. The van der Waals surface area contributed by atoms with E-state index in [0.717, 1.165) is 31.9 Å². The Balaban J connectivity index is 0.00000289. The number of aromatic nitrogens is 2. The van der Waals surface area contributed by atoms with E-state index in [1.165, 1.54) is 4.57 Å². The summed E-state index contributed by atoms with van der Waals surface area (Å²) in [6, 6.07) is 0. The topological polar surface area (TPSA) is 95.0 Å². The summed E-state index contributed by atoms with van der Waals surface area (Å²) in [5.41, 5.74) is -1.44. The molecule has 8 heteroatoms. The van der Waals surface area contributed by atoms with E-state index in [-0.39, 0.29) is 29.6 Å². The van der Waals surface area contributed by atoms with Crippen molar-refractivity contribution in [3.63, 3.8) is 0 Å². The molecular weight excluding hydrogens is 267 g/mol. The Morgan fingerprint density at radius 2 is 2.00 bits per heavy atom. The van der Waals surface area contributed by atoms with Gasteiger partial charge in [0.25, 0.3) is 5.56 Å². The predicted octanol–water partition coefficient (Wildman–Crippen LogP) is -2.64. The van der Waals surface area contributed by atoms with Crippen molar-refractivity contribution in [3.05, 3.63) is 27.0 Å². The molecule has 0 bridgehead atoms. The first kappa shape index (κ1) is 17.8. The van der Waals surface area contributed by atoms with Crippen molar-refractivity contribution >= 4 is 11.1 Å². The Labute approximate surface area is 129 Å². The van der Waals surface area contributed by atoms with E-state index in [1.807, 2.05) is 4.98 Å². The third-order valence-electron chi connectivity index (χ3n) is 2.41. The first-order valence-electron chi connectivity index (χ1n) is 5.49. The van der Waals surface area contributed by atoms with E-state index >= 15 is 0 Å². The molecule has 1 aromatic rings. The summed E-state index contributed by atoms with van der Waals surface area (Å²) in [6.07, 6.45) is 4.99. The molecule has 0 aromatic carbocycles. The minimum absolute atomic E-state index is 0. The smallest absolute Gasteiger partial charge is 0.768 e. The zero-order valence-corrected chi connectivity index (χ0v) is 13.4. The fourth-order valence-corrected chi connectivity index (χ4v) is 1.90. The van der Waals surface area contributed by atoms with Gasteiger partial charge in [0.1, 0.15) is 4.90 Å². The zero-order chi connectivity index (χ0) is 12.8. The van der Waals surface area contributed by atoms with E-state index in [9.17, 15) is 18.4 Å². The van der Waals surface area contributed by atoms with Crippen LogP contribution in [-0.2, 0) is 17.6 Å². The van der Waals surface area contributed by atoms with E-state index < -0.39 is 27.2 Å². The molecule has 1 unspecified atom stereocenters. The van der Waals surface area contributed by atoms with Crippen LogP contribution >= 0.6 is 0 Å². The summed E-state index contributed by atoms with van der Waals surface area (Å²) >= 11 is -2.62. The molecule has 1 atom stereocenters. The molecule has 0 saturated carbocycles. The second-order valence-electron chi connectivity index (χ2n) is 3.74. The number of unbranched alkanes of at least 4 members (excludes halogenated alkanes) is 3. The van der Waals surface area contributed by atoms with Crippen molar-refractivity contribution in [2.45, 2.75) is 44.0 Å². The Hall–Kier alpha value is -0.210. The Bertz CT molecular complexity index is 511. The van der Waals surface area contributed by atoms with Crippen molar-refractivity contribution in [1.29, 1.82) is 0 Å². The first-order valence-corrected chi connectivity index (χ1v) is 6.56. The van der Waals surface area contributed by atoms with Crippen LogP contribution in [0.3, 0.4) is 0 Å². The molecule has 18 heavy (non-hydrogen) atoms. The summed E-state index contributed by atoms with van der Waals surface area (Å²) < 4.78 is 22.7. The van der Waals surface area contributed by atoms with Crippen LogP contribution in [0.4, 0.5) is 0 Å². The number of H-pyrrole nitrogens is 1. The van der Waals surface area contributed by atoms with Crippen molar-refractivity contribution in [1.82, 2.24) is 9.55 Å². The van der Waals surface area contributed by atoms with Crippen molar-refractivity contribution in [2.24, 2.45) is 0 Å². The average Bonchev–Trinajstić information content (AvgIpc) is 2.26. The van der Waals surface area contributed by atoms with Crippen LogP contribution in [0, 0.1) is 0 Å². The standard InChI is InChI=1S/C10H16N2O4S.Na/c1-2-3-4-5-6-12-7-8(17(15)16)9(13)11-10(12)14;/h7H,2-6H2,1H3,(H,15,16)(H,11,13,14);/q;+1/p-1. The van der Waals surface area contributed by atoms with Gasteiger partial charge in [-0.25, -0.2) is 4.79 Å². The molecule has 0 aliphatic rings. The molecule has 6 nitrogen and oxygen atoms in total. The second kappa shape index (κ2) is 8.82. The molecule has 0 saturated heterocycles. The summed E-state index contributed by atoms with van der Waals surface area (Å²) in [4.78, 5) is 24.1. The molecule has 0 aliphatic carbocycles. The van der Waals surface area contributed by atoms with Crippen LogP contribution in [0.25, 0.3) is 0 Å². The summed E-state index contributed by atoms with van der Waals surface area (Å²) in [7, 11) is 0. The van der Waals surface area contributed by atoms with Crippen LogP contribution in [0.5, 0.6) is 0 Å². The van der Waals surface area contributed by atoms with Gasteiger partial charge in [-0.15, -0.1) is 0 Å². The number of rotatable bonds is 6. The molecule has 0 spiro atoms. The van der Waals surface area contributed by atoms with E-state index in [1.54, 1.807) is 0 Å². The molecule has 1 rings (SSSR count). The number of nitrogens with one attached hydrogen (secondary N) is 1. The van der Waals surface area contributed by atoms with E-state index in [0.29, 0.717) is 6.54 Å². The number of nitrogens with zero attached hydrogens (tertiary/aromatic N) is 1. The molecule has 1 heterocycles. The largest absolute Gasteiger partial charge is 1.00 e. The number of hydrogen-bond acceptors (Lipinski definition) is 4. The Morgan fingerprint density at radius 3 is 2.56 bits per heavy atom. The zero-order valence-electron chi connectivity index (χ0n) is 10.6. The SMILES string of the molecule is CCCCCCn1cc(S(=O)[O-])c(=O)[nH]c1=O.[Na+]. The van der Waals surface area contributed by atoms with Crippen molar-refractivity contribution in [3.8, 4) is 0 Å². The maximum absolute atomic E-state index is 11.4. The number of aryl methyl sites for hydroxylation is 1. The fraction of sp³-hybridized carbons (Fsp3) is 0.600. The molecule has 0 fully saturated rings. The number of aromatic amines is 1. The molecule has 1 N–H and O–H groups in total. The minimum Gasteiger partial charge on any atom is -0.768 e. The van der Waals surface area contributed by atoms with Gasteiger partial charge in [-0.2, -0.15) is 0 Å². The third-order valence-corrected chi connectivity index (χ3v) is 3.06. The van der Waals surface area contributed by atoms with Gasteiger partial charge in [0, 0.05) is 12.7 Å². The number of hydrogen-bond donors (Lipinski definition) is 1. The Kier molecular flexibility index (Phi) is 8.71.